The lowest BCUT2D eigenvalue weighted by atomic mass is 10.1. The number of halogens is 1. The van der Waals surface area contributed by atoms with E-state index < -0.39 is 5.91 Å². The third-order valence-electron chi connectivity index (χ3n) is 3.23. The third kappa shape index (κ3) is 3.31. The van der Waals surface area contributed by atoms with Gasteiger partial charge in [0.1, 0.15) is 0 Å². The van der Waals surface area contributed by atoms with Crippen LogP contribution in [0, 0.1) is 6.92 Å². The molecule has 20 heavy (non-hydrogen) atoms. The first-order valence-electron chi connectivity index (χ1n) is 6.33. The Hall–Kier alpha value is -2.00. The minimum Gasteiger partial charge on any atom is -0.370 e. The third-order valence-corrected chi connectivity index (χ3v) is 3.63. The average molecular weight is 289 g/mol. The highest BCUT2D eigenvalue weighted by molar-refractivity contribution is 6.31. The molecule has 0 aromatic heterocycles. The van der Waals surface area contributed by atoms with E-state index in [2.05, 4.69) is 4.90 Å². The van der Waals surface area contributed by atoms with E-state index >= 15 is 0 Å². The first-order chi connectivity index (χ1) is 9.47. The normalized spacial score (nSPS) is 10.3. The first kappa shape index (κ1) is 14.4. The lowest BCUT2D eigenvalue weighted by Crippen LogP contribution is -2.17. The SMILES string of the molecule is Cc1ccc(N(C)Cc2cccc(C(N)=O)c2)cc1Cl. The highest BCUT2D eigenvalue weighted by atomic mass is 35.5. The van der Waals surface area contributed by atoms with Crippen molar-refractivity contribution in [1.82, 2.24) is 0 Å². The molecule has 0 unspecified atom stereocenters. The Bertz CT molecular complexity index is 640. The van der Waals surface area contributed by atoms with E-state index in [9.17, 15) is 4.79 Å². The maximum Gasteiger partial charge on any atom is 0.248 e. The van der Waals surface area contributed by atoms with Crippen LogP contribution in [0.5, 0.6) is 0 Å². The van der Waals surface area contributed by atoms with E-state index in [-0.39, 0.29) is 0 Å². The second-order valence-corrected chi connectivity index (χ2v) is 5.26. The summed E-state index contributed by atoms with van der Waals surface area (Å²) in [4.78, 5) is 13.3. The van der Waals surface area contributed by atoms with Crippen LogP contribution in [0.4, 0.5) is 5.69 Å². The van der Waals surface area contributed by atoms with Gasteiger partial charge in [-0.3, -0.25) is 4.79 Å². The Balaban J connectivity index is 2.18. The Morgan fingerprint density at radius 3 is 2.65 bits per heavy atom. The summed E-state index contributed by atoms with van der Waals surface area (Å²) < 4.78 is 0. The fourth-order valence-corrected chi connectivity index (χ4v) is 2.18. The smallest absolute Gasteiger partial charge is 0.248 e. The maximum atomic E-state index is 11.2. The van der Waals surface area contributed by atoms with E-state index in [0.717, 1.165) is 21.8 Å². The molecule has 0 saturated heterocycles. The zero-order chi connectivity index (χ0) is 14.7. The molecule has 0 aliphatic carbocycles. The van der Waals surface area contributed by atoms with Crippen LogP contribution in [0.15, 0.2) is 42.5 Å². The van der Waals surface area contributed by atoms with Crippen LogP contribution in [0.3, 0.4) is 0 Å². The molecule has 0 atom stereocenters. The molecule has 0 heterocycles. The number of carbonyl (C=O) groups excluding carboxylic acids is 1. The van der Waals surface area contributed by atoms with Crippen LogP contribution in [-0.4, -0.2) is 13.0 Å². The predicted molar refractivity (Wildman–Crippen MR) is 83.3 cm³/mol. The molecular formula is C16H17ClN2O. The van der Waals surface area contributed by atoms with Gasteiger partial charge in [0, 0.05) is 29.9 Å². The van der Waals surface area contributed by atoms with Gasteiger partial charge < -0.3 is 10.6 Å². The van der Waals surface area contributed by atoms with Gasteiger partial charge in [0.2, 0.25) is 5.91 Å². The Morgan fingerprint density at radius 2 is 2.00 bits per heavy atom. The summed E-state index contributed by atoms with van der Waals surface area (Å²) in [6.45, 7) is 2.66. The van der Waals surface area contributed by atoms with Crippen molar-refractivity contribution in [2.45, 2.75) is 13.5 Å². The fourth-order valence-electron chi connectivity index (χ4n) is 2.01. The number of nitrogens with zero attached hydrogens (tertiary/aromatic N) is 1. The molecule has 2 rings (SSSR count). The molecule has 0 aliphatic heterocycles. The van der Waals surface area contributed by atoms with Crippen molar-refractivity contribution in [2.24, 2.45) is 5.73 Å². The number of aryl methyl sites for hydroxylation is 1. The molecule has 2 aromatic carbocycles. The number of hydrogen-bond donors (Lipinski definition) is 1. The number of amides is 1. The fraction of sp³-hybridized carbons (Fsp3) is 0.188. The first-order valence-corrected chi connectivity index (χ1v) is 6.71. The number of nitrogens with two attached hydrogens (primary N) is 1. The lowest BCUT2D eigenvalue weighted by Gasteiger charge is -2.20. The summed E-state index contributed by atoms with van der Waals surface area (Å²) in [6.07, 6.45) is 0. The van der Waals surface area contributed by atoms with Crippen LogP contribution >= 0.6 is 11.6 Å². The maximum absolute atomic E-state index is 11.2. The van der Waals surface area contributed by atoms with Gasteiger partial charge >= 0.3 is 0 Å². The molecule has 2 aromatic rings. The van der Waals surface area contributed by atoms with E-state index in [1.165, 1.54) is 0 Å². The summed E-state index contributed by atoms with van der Waals surface area (Å²) in [5, 5.41) is 0.750. The average Bonchev–Trinajstić information content (AvgIpc) is 2.42. The van der Waals surface area contributed by atoms with Gasteiger partial charge in [-0.05, 0) is 42.3 Å². The van der Waals surface area contributed by atoms with Crippen molar-refractivity contribution < 1.29 is 4.79 Å². The molecule has 4 heteroatoms. The number of anilines is 1. The van der Waals surface area contributed by atoms with Crippen LogP contribution < -0.4 is 10.6 Å². The monoisotopic (exact) mass is 288 g/mol. The van der Waals surface area contributed by atoms with Gasteiger partial charge in [-0.25, -0.2) is 0 Å². The largest absolute Gasteiger partial charge is 0.370 e. The zero-order valence-corrected chi connectivity index (χ0v) is 12.3. The highest BCUT2D eigenvalue weighted by Crippen LogP contribution is 2.23. The van der Waals surface area contributed by atoms with Crippen LogP contribution in [0.25, 0.3) is 0 Å². The number of carbonyl (C=O) groups is 1. The zero-order valence-electron chi connectivity index (χ0n) is 11.6. The van der Waals surface area contributed by atoms with Crippen molar-refractivity contribution in [3.63, 3.8) is 0 Å². The molecule has 104 valence electrons. The minimum absolute atomic E-state index is 0.409. The molecule has 0 fully saturated rings. The van der Waals surface area contributed by atoms with Gasteiger partial charge in [-0.2, -0.15) is 0 Å². The molecule has 0 aliphatic rings. The Labute approximate surface area is 124 Å². The summed E-state index contributed by atoms with van der Waals surface area (Å²) in [5.41, 5.74) is 8.93. The predicted octanol–water partition coefficient (Wildman–Crippen LogP) is 3.38. The van der Waals surface area contributed by atoms with Gasteiger partial charge in [-0.1, -0.05) is 29.8 Å². The van der Waals surface area contributed by atoms with Crippen molar-refractivity contribution in [2.75, 3.05) is 11.9 Å². The molecule has 0 spiro atoms. The van der Waals surface area contributed by atoms with E-state index in [4.69, 9.17) is 17.3 Å². The van der Waals surface area contributed by atoms with Crippen LogP contribution in [0.1, 0.15) is 21.5 Å². The van der Waals surface area contributed by atoms with Gasteiger partial charge in [0.15, 0.2) is 0 Å². The number of hydrogen-bond acceptors (Lipinski definition) is 2. The second kappa shape index (κ2) is 5.97. The summed E-state index contributed by atoms with van der Waals surface area (Å²) in [6, 6.07) is 13.3. The summed E-state index contributed by atoms with van der Waals surface area (Å²) >= 11 is 6.14. The Kier molecular flexibility index (Phi) is 4.30. The van der Waals surface area contributed by atoms with Crippen LogP contribution in [0.2, 0.25) is 5.02 Å². The van der Waals surface area contributed by atoms with Gasteiger partial charge in [-0.15, -0.1) is 0 Å². The van der Waals surface area contributed by atoms with E-state index in [1.54, 1.807) is 6.07 Å². The molecule has 0 bridgehead atoms. The Morgan fingerprint density at radius 1 is 1.25 bits per heavy atom. The molecule has 0 saturated carbocycles. The summed E-state index contributed by atoms with van der Waals surface area (Å²) in [7, 11) is 1.98. The van der Waals surface area contributed by atoms with Crippen molar-refractivity contribution >= 4 is 23.2 Å². The quantitative estimate of drug-likeness (QED) is 0.937. The van der Waals surface area contributed by atoms with E-state index in [0.29, 0.717) is 12.1 Å². The van der Waals surface area contributed by atoms with Crippen molar-refractivity contribution in [1.29, 1.82) is 0 Å². The molecule has 2 N–H and O–H groups in total. The number of primary amides is 1. The van der Waals surface area contributed by atoms with Crippen LogP contribution in [-0.2, 0) is 6.54 Å². The standard InChI is InChI=1S/C16H17ClN2O/c1-11-6-7-14(9-15(11)17)19(2)10-12-4-3-5-13(8-12)16(18)20/h3-9H,10H2,1-2H3,(H2,18,20). The number of benzene rings is 2. The van der Waals surface area contributed by atoms with Crippen molar-refractivity contribution in [3.8, 4) is 0 Å². The highest BCUT2D eigenvalue weighted by Gasteiger charge is 2.06. The summed E-state index contributed by atoms with van der Waals surface area (Å²) in [5.74, 6) is -0.409. The van der Waals surface area contributed by atoms with E-state index in [1.807, 2.05) is 50.4 Å². The second-order valence-electron chi connectivity index (χ2n) is 4.85. The lowest BCUT2D eigenvalue weighted by molar-refractivity contribution is 0.1000. The van der Waals surface area contributed by atoms with Gasteiger partial charge in [0.25, 0.3) is 0 Å². The van der Waals surface area contributed by atoms with Gasteiger partial charge in [0.05, 0.1) is 0 Å². The molecule has 1 amide bonds. The molecule has 0 radical (unpaired) electrons. The topological polar surface area (TPSA) is 46.3 Å². The molecular weight excluding hydrogens is 272 g/mol. The minimum atomic E-state index is -0.409. The van der Waals surface area contributed by atoms with Crippen molar-refractivity contribution in [3.05, 3.63) is 64.2 Å². The molecule has 3 nitrogen and oxygen atoms in total. The number of rotatable bonds is 4.